The number of amides is 1. The van der Waals surface area contributed by atoms with Gasteiger partial charge in [-0.2, -0.15) is 5.26 Å². The van der Waals surface area contributed by atoms with Gasteiger partial charge < -0.3 is 18.8 Å². The molecule has 32 heavy (non-hydrogen) atoms. The van der Waals surface area contributed by atoms with Gasteiger partial charge in [0.05, 0.1) is 5.75 Å². The van der Waals surface area contributed by atoms with Gasteiger partial charge in [-0.1, -0.05) is 23.4 Å². The van der Waals surface area contributed by atoms with E-state index in [1.54, 1.807) is 6.92 Å². The lowest BCUT2D eigenvalue weighted by Crippen LogP contribution is -2.49. The van der Waals surface area contributed by atoms with E-state index < -0.39 is 0 Å². The lowest BCUT2D eigenvalue weighted by atomic mass is 10.2. The molecule has 1 aromatic carbocycles. The van der Waals surface area contributed by atoms with Crippen molar-refractivity contribution in [3.05, 3.63) is 40.9 Å². The SMILES string of the molecule is CCn1c(SCC(=O)N2CCN(c3oc(C)nc3C#N)CC2)nnc1-c1ccc(Cl)cc1. The molecule has 0 spiro atoms. The number of oxazole rings is 1. The number of nitrogens with zero attached hydrogens (tertiary/aromatic N) is 7. The van der Waals surface area contributed by atoms with Crippen molar-refractivity contribution in [3.8, 4) is 17.5 Å². The standard InChI is InChI=1S/C21H22ClN7O2S/c1-3-29-19(15-4-6-16(22)7-5-15)25-26-21(29)32-13-18(30)27-8-10-28(11-9-27)20-17(12-23)24-14(2)31-20/h4-7H,3,8-11,13H2,1-2H3. The van der Waals surface area contributed by atoms with E-state index in [1.807, 2.05) is 45.6 Å². The number of carbonyl (C=O) groups is 1. The summed E-state index contributed by atoms with van der Waals surface area (Å²) in [6.07, 6.45) is 0. The van der Waals surface area contributed by atoms with Crippen molar-refractivity contribution >= 4 is 35.2 Å². The van der Waals surface area contributed by atoms with Gasteiger partial charge in [-0.15, -0.1) is 10.2 Å². The molecule has 4 rings (SSSR count). The summed E-state index contributed by atoms with van der Waals surface area (Å²) in [6.45, 7) is 6.72. The van der Waals surface area contributed by atoms with Gasteiger partial charge in [-0.25, -0.2) is 4.98 Å². The minimum Gasteiger partial charge on any atom is -0.424 e. The molecule has 166 valence electrons. The molecular weight excluding hydrogens is 450 g/mol. The Morgan fingerprint density at radius 1 is 1.22 bits per heavy atom. The minimum atomic E-state index is 0.0441. The number of benzene rings is 1. The fourth-order valence-corrected chi connectivity index (χ4v) is 4.60. The number of halogens is 1. The van der Waals surface area contributed by atoms with Crippen LogP contribution in [0, 0.1) is 18.3 Å². The molecule has 0 bridgehead atoms. The van der Waals surface area contributed by atoms with Crippen LogP contribution in [0.5, 0.6) is 0 Å². The maximum absolute atomic E-state index is 12.8. The number of anilines is 1. The second-order valence-corrected chi connectivity index (χ2v) is 8.59. The number of rotatable bonds is 6. The predicted molar refractivity (Wildman–Crippen MR) is 122 cm³/mol. The van der Waals surface area contributed by atoms with E-state index in [0.717, 1.165) is 11.4 Å². The molecule has 11 heteroatoms. The zero-order valence-electron chi connectivity index (χ0n) is 17.8. The van der Waals surface area contributed by atoms with Crippen LogP contribution in [-0.2, 0) is 11.3 Å². The number of carbonyl (C=O) groups excluding carboxylic acids is 1. The molecule has 1 fully saturated rings. The minimum absolute atomic E-state index is 0.0441. The number of nitriles is 1. The highest BCUT2D eigenvalue weighted by molar-refractivity contribution is 7.99. The van der Waals surface area contributed by atoms with Gasteiger partial charge in [0.2, 0.25) is 17.5 Å². The van der Waals surface area contributed by atoms with Crippen LogP contribution in [-0.4, -0.2) is 62.5 Å². The summed E-state index contributed by atoms with van der Waals surface area (Å²) < 4.78 is 7.57. The number of hydrogen-bond donors (Lipinski definition) is 0. The molecule has 3 aromatic rings. The molecule has 0 radical (unpaired) electrons. The molecule has 1 amide bonds. The van der Waals surface area contributed by atoms with Gasteiger partial charge in [0.25, 0.3) is 0 Å². The second kappa shape index (κ2) is 9.63. The van der Waals surface area contributed by atoms with Crippen LogP contribution in [0.3, 0.4) is 0 Å². The number of aryl methyl sites for hydroxylation is 1. The largest absolute Gasteiger partial charge is 0.424 e. The molecule has 1 aliphatic rings. The maximum Gasteiger partial charge on any atom is 0.234 e. The molecule has 1 saturated heterocycles. The summed E-state index contributed by atoms with van der Waals surface area (Å²) in [5.41, 5.74) is 1.21. The van der Waals surface area contributed by atoms with Crippen LogP contribution in [0.25, 0.3) is 11.4 Å². The highest BCUT2D eigenvalue weighted by Gasteiger charge is 2.26. The Labute approximate surface area is 195 Å². The molecule has 3 heterocycles. The van der Waals surface area contributed by atoms with E-state index >= 15 is 0 Å². The van der Waals surface area contributed by atoms with Crippen LogP contribution >= 0.6 is 23.4 Å². The Morgan fingerprint density at radius 3 is 2.59 bits per heavy atom. The van der Waals surface area contributed by atoms with E-state index in [4.69, 9.17) is 16.0 Å². The molecule has 1 aliphatic heterocycles. The summed E-state index contributed by atoms with van der Waals surface area (Å²) in [4.78, 5) is 20.7. The van der Waals surface area contributed by atoms with Gasteiger partial charge in [-0.05, 0) is 31.2 Å². The summed E-state index contributed by atoms with van der Waals surface area (Å²) >= 11 is 7.37. The molecule has 0 atom stereocenters. The summed E-state index contributed by atoms with van der Waals surface area (Å²) in [7, 11) is 0. The first kappa shape index (κ1) is 22.2. The third kappa shape index (κ3) is 4.59. The first-order chi connectivity index (χ1) is 15.5. The van der Waals surface area contributed by atoms with E-state index in [9.17, 15) is 10.1 Å². The first-order valence-corrected chi connectivity index (χ1v) is 11.6. The molecule has 2 aromatic heterocycles. The lowest BCUT2D eigenvalue weighted by molar-refractivity contribution is -0.128. The van der Waals surface area contributed by atoms with Crippen molar-refractivity contribution in [2.75, 3.05) is 36.8 Å². The topological polar surface area (TPSA) is 104 Å². The Hall–Kier alpha value is -3.03. The average molecular weight is 472 g/mol. The maximum atomic E-state index is 12.8. The fourth-order valence-electron chi connectivity index (χ4n) is 3.57. The number of aromatic nitrogens is 4. The van der Waals surface area contributed by atoms with Gasteiger partial charge in [-0.3, -0.25) is 4.79 Å². The van der Waals surface area contributed by atoms with Gasteiger partial charge in [0.1, 0.15) is 6.07 Å². The van der Waals surface area contributed by atoms with Crippen molar-refractivity contribution in [2.24, 2.45) is 0 Å². The Morgan fingerprint density at radius 2 is 1.94 bits per heavy atom. The molecule has 0 saturated carbocycles. The quantitative estimate of drug-likeness (QED) is 0.504. The lowest BCUT2D eigenvalue weighted by Gasteiger charge is -2.34. The monoisotopic (exact) mass is 471 g/mol. The summed E-state index contributed by atoms with van der Waals surface area (Å²) in [5, 5.41) is 19.2. The van der Waals surface area contributed by atoms with Crippen LogP contribution in [0.1, 0.15) is 18.5 Å². The van der Waals surface area contributed by atoms with Gasteiger partial charge in [0, 0.05) is 50.2 Å². The van der Waals surface area contributed by atoms with Crippen LogP contribution in [0.2, 0.25) is 5.02 Å². The first-order valence-electron chi connectivity index (χ1n) is 10.2. The molecule has 9 nitrogen and oxygen atoms in total. The third-order valence-electron chi connectivity index (χ3n) is 5.20. The van der Waals surface area contributed by atoms with Gasteiger partial charge in [0.15, 0.2) is 16.9 Å². The highest BCUT2D eigenvalue weighted by Crippen LogP contribution is 2.26. The zero-order chi connectivity index (χ0) is 22.7. The van der Waals surface area contributed by atoms with E-state index in [0.29, 0.717) is 54.7 Å². The van der Waals surface area contributed by atoms with Crippen molar-refractivity contribution in [2.45, 2.75) is 25.5 Å². The smallest absolute Gasteiger partial charge is 0.234 e. The number of thioether (sulfide) groups is 1. The van der Waals surface area contributed by atoms with E-state index in [1.165, 1.54) is 11.8 Å². The molecule has 0 unspecified atom stereocenters. The van der Waals surface area contributed by atoms with Crippen LogP contribution in [0.15, 0.2) is 33.8 Å². The predicted octanol–water partition coefficient (Wildman–Crippen LogP) is 3.23. The van der Waals surface area contributed by atoms with Crippen molar-refractivity contribution < 1.29 is 9.21 Å². The van der Waals surface area contributed by atoms with E-state index in [2.05, 4.69) is 21.3 Å². The summed E-state index contributed by atoms with van der Waals surface area (Å²) in [5.74, 6) is 2.02. The second-order valence-electron chi connectivity index (χ2n) is 7.21. The third-order valence-corrected chi connectivity index (χ3v) is 6.41. The molecular formula is C21H22ClN7O2S. The van der Waals surface area contributed by atoms with Crippen LogP contribution in [0.4, 0.5) is 5.88 Å². The molecule has 0 aliphatic carbocycles. The highest BCUT2D eigenvalue weighted by atomic mass is 35.5. The van der Waals surface area contributed by atoms with Gasteiger partial charge >= 0.3 is 0 Å². The Bertz CT molecular complexity index is 1140. The van der Waals surface area contributed by atoms with E-state index in [-0.39, 0.29) is 17.4 Å². The van der Waals surface area contributed by atoms with Crippen molar-refractivity contribution in [1.82, 2.24) is 24.6 Å². The Balaban J connectivity index is 1.36. The number of hydrogen-bond acceptors (Lipinski definition) is 8. The van der Waals surface area contributed by atoms with Crippen molar-refractivity contribution in [1.29, 1.82) is 5.26 Å². The molecule has 0 N–H and O–H groups in total. The average Bonchev–Trinajstić information content (AvgIpc) is 3.40. The van der Waals surface area contributed by atoms with Crippen molar-refractivity contribution in [3.63, 3.8) is 0 Å². The Kier molecular flexibility index (Phi) is 6.67. The fraction of sp³-hybridized carbons (Fsp3) is 0.381. The normalized spacial score (nSPS) is 13.9. The van der Waals surface area contributed by atoms with Crippen LogP contribution < -0.4 is 4.90 Å². The summed E-state index contributed by atoms with van der Waals surface area (Å²) in [6, 6.07) is 9.52. The number of piperazine rings is 1. The zero-order valence-corrected chi connectivity index (χ0v) is 19.4.